The van der Waals surface area contributed by atoms with Gasteiger partial charge in [-0.05, 0) is 30.5 Å². The topological polar surface area (TPSA) is 46.9 Å². The number of nitrogens with one attached hydrogen (secondary N) is 1. The average molecular weight is 372 g/mol. The molecule has 3 rings (SSSR count). The molecule has 1 fully saturated rings. The molecule has 0 atom stereocenters. The van der Waals surface area contributed by atoms with Crippen LogP contribution in [0.25, 0.3) is 0 Å². The van der Waals surface area contributed by atoms with Crippen LogP contribution in [0.2, 0.25) is 5.02 Å². The van der Waals surface area contributed by atoms with Crippen molar-refractivity contribution in [3.63, 3.8) is 0 Å². The summed E-state index contributed by atoms with van der Waals surface area (Å²) in [7, 11) is 0. The molecule has 25 heavy (non-hydrogen) atoms. The molecule has 0 aliphatic heterocycles. The Hall–Kier alpha value is -2.02. The number of carbonyl (C=O) groups is 1. The Labute approximate surface area is 148 Å². The molecular weight excluding hydrogens is 355 g/mol. The van der Waals surface area contributed by atoms with E-state index in [1.165, 1.54) is 4.68 Å². The summed E-state index contributed by atoms with van der Waals surface area (Å²) in [5.74, 6) is -0.0910. The van der Waals surface area contributed by atoms with Crippen molar-refractivity contribution in [1.29, 1.82) is 0 Å². The quantitative estimate of drug-likeness (QED) is 0.839. The number of rotatable bonds is 6. The summed E-state index contributed by atoms with van der Waals surface area (Å²) in [6, 6.07) is 8.14. The van der Waals surface area contributed by atoms with E-state index >= 15 is 0 Å². The number of alkyl halides is 3. The third kappa shape index (κ3) is 4.54. The van der Waals surface area contributed by atoms with Crippen molar-refractivity contribution in [1.82, 2.24) is 15.1 Å². The van der Waals surface area contributed by atoms with Crippen LogP contribution in [0.1, 0.15) is 35.7 Å². The highest BCUT2D eigenvalue weighted by molar-refractivity contribution is 6.31. The Morgan fingerprint density at radius 2 is 2.04 bits per heavy atom. The average Bonchev–Trinajstić information content (AvgIpc) is 3.29. The summed E-state index contributed by atoms with van der Waals surface area (Å²) in [5, 5.41) is 6.87. The lowest BCUT2D eigenvalue weighted by Crippen LogP contribution is -2.29. The van der Waals surface area contributed by atoms with Gasteiger partial charge in [0.05, 0.1) is 13.0 Å². The van der Waals surface area contributed by atoms with Gasteiger partial charge < -0.3 is 5.32 Å². The summed E-state index contributed by atoms with van der Waals surface area (Å²) in [6.07, 6.45) is -2.58. The molecule has 1 aliphatic carbocycles. The fourth-order valence-corrected chi connectivity index (χ4v) is 2.84. The first-order valence-corrected chi connectivity index (χ1v) is 8.37. The van der Waals surface area contributed by atoms with Crippen molar-refractivity contribution in [2.24, 2.45) is 0 Å². The van der Waals surface area contributed by atoms with Crippen LogP contribution in [-0.2, 0) is 23.9 Å². The summed E-state index contributed by atoms with van der Waals surface area (Å²) >= 11 is 6.01. The fourth-order valence-electron chi connectivity index (χ4n) is 2.64. The molecule has 0 bridgehead atoms. The monoisotopic (exact) mass is 371 g/mol. The number of aromatic nitrogens is 2. The smallest absolute Gasteiger partial charge is 0.354 e. The first kappa shape index (κ1) is 17.8. The lowest BCUT2D eigenvalue weighted by Gasteiger charge is -2.09. The first-order chi connectivity index (χ1) is 11.8. The molecule has 1 aromatic heterocycles. The Kier molecular flexibility index (Phi) is 5.03. The number of hydrogen-bond donors (Lipinski definition) is 1. The summed E-state index contributed by atoms with van der Waals surface area (Å²) < 4.78 is 39.9. The van der Waals surface area contributed by atoms with Crippen molar-refractivity contribution in [2.75, 3.05) is 6.54 Å². The van der Waals surface area contributed by atoms with E-state index in [0.717, 1.165) is 18.9 Å². The van der Waals surface area contributed by atoms with E-state index in [1.54, 1.807) is 24.3 Å². The second kappa shape index (κ2) is 7.07. The number of carbonyl (C=O) groups excluding carboxylic acids is 1. The molecule has 1 amide bonds. The third-order valence-corrected chi connectivity index (χ3v) is 4.42. The van der Waals surface area contributed by atoms with E-state index in [2.05, 4.69) is 10.4 Å². The van der Waals surface area contributed by atoms with E-state index in [9.17, 15) is 18.0 Å². The van der Waals surface area contributed by atoms with Gasteiger partial charge in [0.1, 0.15) is 0 Å². The Morgan fingerprint density at radius 1 is 1.32 bits per heavy atom. The van der Waals surface area contributed by atoms with E-state index < -0.39 is 11.9 Å². The molecule has 0 saturated heterocycles. The maximum Gasteiger partial charge on any atom is 0.435 e. The molecule has 4 nitrogen and oxygen atoms in total. The Bertz CT molecular complexity index is 769. The molecule has 0 spiro atoms. The number of amides is 1. The van der Waals surface area contributed by atoms with Gasteiger partial charge in [-0.15, -0.1) is 0 Å². The molecule has 134 valence electrons. The Balaban J connectivity index is 1.57. The number of halogens is 4. The highest BCUT2D eigenvalue weighted by Gasteiger charge is 2.37. The molecule has 8 heteroatoms. The molecule has 0 radical (unpaired) electrons. The van der Waals surface area contributed by atoms with E-state index in [0.29, 0.717) is 16.3 Å². The van der Waals surface area contributed by atoms with E-state index in [1.807, 2.05) is 0 Å². The lowest BCUT2D eigenvalue weighted by atomic mass is 10.1. The summed E-state index contributed by atoms with van der Waals surface area (Å²) in [4.78, 5) is 12.0. The van der Waals surface area contributed by atoms with Gasteiger partial charge >= 0.3 is 6.18 Å². The minimum atomic E-state index is -4.46. The van der Waals surface area contributed by atoms with Crippen molar-refractivity contribution in [3.8, 4) is 0 Å². The molecular formula is C17H17ClF3N3O. The van der Waals surface area contributed by atoms with Crippen LogP contribution in [0.3, 0.4) is 0 Å². The van der Waals surface area contributed by atoms with Crippen LogP contribution in [0.15, 0.2) is 30.3 Å². The van der Waals surface area contributed by atoms with Crippen molar-refractivity contribution < 1.29 is 18.0 Å². The van der Waals surface area contributed by atoms with Crippen molar-refractivity contribution >= 4 is 17.5 Å². The number of benzene rings is 1. The highest BCUT2D eigenvalue weighted by atomic mass is 35.5. The van der Waals surface area contributed by atoms with Crippen LogP contribution < -0.4 is 5.32 Å². The maximum atomic E-state index is 12.8. The fraction of sp³-hybridized carbons (Fsp3) is 0.412. The first-order valence-electron chi connectivity index (χ1n) is 7.99. The van der Waals surface area contributed by atoms with Crippen LogP contribution in [0.4, 0.5) is 13.2 Å². The molecule has 1 heterocycles. The molecule has 0 unspecified atom stereocenters. The zero-order valence-corrected chi connectivity index (χ0v) is 14.1. The second-order valence-electron chi connectivity index (χ2n) is 6.07. The summed E-state index contributed by atoms with van der Waals surface area (Å²) in [5.41, 5.74) is 0.420. The number of hydrogen-bond acceptors (Lipinski definition) is 2. The predicted octanol–water partition coefficient (Wildman–Crippen LogP) is 3.79. The zero-order valence-electron chi connectivity index (χ0n) is 13.3. The van der Waals surface area contributed by atoms with E-state index in [-0.39, 0.29) is 31.3 Å². The van der Waals surface area contributed by atoms with Crippen molar-refractivity contribution in [3.05, 3.63) is 52.3 Å². The van der Waals surface area contributed by atoms with Gasteiger partial charge in [-0.2, -0.15) is 18.3 Å². The predicted molar refractivity (Wildman–Crippen MR) is 87.4 cm³/mol. The maximum absolute atomic E-state index is 12.8. The minimum Gasteiger partial charge on any atom is -0.354 e. The molecule has 1 saturated carbocycles. The van der Waals surface area contributed by atoms with Gasteiger partial charge in [-0.3, -0.25) is 9.48 Å². The van der Waals surface area contributed by atoms with Crippen LogP contribution in [0.5, 0.6) is 0 Å². The third-order valence-electron chi connectivity index (χ3n) is 4.05. The largest absolute Gasteiger partial charge is 0.435 e. The summed E-state index contributed by atoms with van der Waals surface area (Å²) in [6.45, 7) is 0.415. The van der Waals surface area contributed by atoms with Gasteiger partial charge in [0, 0.05) is 23.2 Å². The van der Waals surface area contributed by atoms with Gasteiger partial charge in [0.2, 0.25) is 5.91 Å². The lowest BCUT2D eigenvalue weighted by molar-refractivity contribution is -0.141. The number of nitrogens with zero attached hydrogens (tertiary/aromatic N) is 2. The Morgan fingerprint density at radius 3 is 2.68 bits per heavy atom. The molecule has 1 aromatic carbocycles. The van der Waals surface area contributed by atoms with Crippen LogP contribution >= 0.6 is 11.6 Å². The van der Waals surface area contributed by atoms with Gasteiger partial charge in [-0.25, -0.2) is 0 Å². The van der Waals surface area contributed by atoms with Gasteiger partial charge in [0.15, 0.2) is 5.69 Å². The van der Waals surface area contributed by atoms with Gasteiger partial charge in [0.25, 0.3) is 0 Å². The second-order valence-corrected chi connectivity index (χ2v) is 6.47. The molecule has 1 N–H and O–H groups in total. The van der Waals surface area contributed by atoms with Crippen molar-refractivity contribution in [2.45, 2.75) is 37.9 Å². The van der Waals surface area contributed by atoms with Crippen LogP contribution in [0, 0.1) is 0 Å². The zero-order chi connectivity index (χ0) is 18.0. The van der Waals surface area contributed by atoms with Crippen LogP contribution in [-0.4, -0.2) is 22.2 Å². The van der Waals surface area contributed by atoms with E-state index in [4.69, 9.17) is 11.6 Å². The highest BCUT2D eigenvalue weighted by Crippen LogP contribution is 2.42. The normalized spacial score (nSPS) is 14.6. The van der Waals surface area contributed by atoms with Gasteiger partial charge in [-0.1, -0.05) is 29.8 Å². The molecule has 2 aromatic rings. The standard InChI is InChI=1S/C17H17ClF3N3O/c18-13-4-2-1-3-12(13)9-16(25)22-7-8-24-14(11-5-6-11)10-15(23-24)17(19,20)21/h1-4,10-11H,5-9H2,(H,22,25). The minimum absolute atomic E-state index is 0.127. The SMILES string of the molecule is O=C(Cc1ccccc1Cl)NCCn1nc(C(F)(F)F)cc1C1CC1. The molecule has 1 aliphatic rings.